The second-order valence-electron chi connectivity index (χ2n) is 5.06. The van der Waals surface area contributed by atoms with Crippen LogP contribution in [0.2, 0.25) is 0 Å². The van der Waals surface area contributed by atoms with Gasteiger partial charge in [0, 0.05) is 11.8 Å². The van der Waals surface area contributed by atoms with Crippen LogP contribution in [-0.4, -0.2) is 29.6 Å². The third-order valence-corrected chi connectivity index (χ3v) is 3.30. The SMILES string of the molecule is C[C@@H](NC(=O)CCCOc1cccc2ccccc12)C(=O)O. The topological polar surface area (TPSA) is 75.6 Å². The molecule has 0 aliphatic carbocycles. The normalized spacial score (nSPS) is 11.9. The molecule has 0 aliphatic heterocycles. The van der Waals surface area contributed by atoms with Crippen molar-refractivity contribution in [3.05, 3.63) is 42.5 Å². The average Bonchev–Trinajstić information content (AvgIpc) is 2.51. The Labute approximate surface area is 128 Å². The lowest BCUT2D eigenvalue weighted by molar-refractivity contribution is -0.141. The molecule has 5 heteroatoms. The molecule has 0 fully saturated rings. The minimum Gasteiger partial charge on any atom is -0.493 e. The summed E-state index contributed by atoms with van der Waals surface area (Å²) in [7, 11) is 0. The molecule has 5 nitrogen and oxygen atoms in total. The number of hydrogen-bond donors (Lipinski definition) is 2. The molecule has 0 aromatic heterocycles. The first-order valence-electron chi connectivity index (χ1n) is 7.20. The molecule has 0 radical (unpaired) electrons. The first kappa shape index (κ1) is 15.8. The van der Waals surface area contributed by atoms with Gasteiger partial charge in [0.2, 0.25) is 5.91 Å². The van der Waals surface area contributed by atoms with E-state index >= 15 is 0 Å². The number of amides is 1. The van der Waals surface area contributed by atoms with Crippen LogP contribution >= 0.6 is 0 Å². The minimum absolute atomic E-state index is 0.238. The van der Waals surface area contributed by atoms with E-state index < -0.39 is 12.0 Å². The zero-order valence-corrected chi connectivity index (χ0v) is 12.4. The number of carboxylic acid groups (broad SMARTS) is 1. The highest BCUT2D eigenvalue weighted by Crippen LogP contribution is 2.25. The molecule has 0 spiro atoms. The molecule has 0 heterocycles. The lowest BCUT2D eigenvalue weighted by atomic mass is 10.1. The van der Waals surface area contributed by atoms with Crippen molar-refractivity contribution in [2.75, 3.05) is 6.61 Å². The highest BCUT2D eigenvalue weighted by molar-refractivity contribution is 5.88. The minimum atomic E-state index is -1.04. The molecule has 2 N–H and O–H groups in total. The van der Waals surface area contributed by atoms with Crippen molar-refractivity contribution in [2.45, 2.75) is 25.8 Å². The van der Waals surface area contributed by atoms with Gasteiger partial charge in [-0.25, -0.2) is 0 Å². The fourth-order valence-electron chi connectivity index (χ4n) is 2.11. The molecular formula is C17H19NO4. The van der Waals surface area contributed by atoms with Crippen molar-refractivity contribution < 1.29 is 19.4 Å². The Morgan fingerprint density at radius 3 is 2.68 bits per heavy atom. The van der Waals surface area contributed by atoms with Crippen LogP contribution in [0, 0.1) is 0 Å². The summed E-state index contributed by atoms with van der Waals surface area (Å²) in [6.07, 6.45) is 0.768. The number of rotatable bonds is 7. The van der Waals surface area contributed by atoms with Gasteiger partial charge >= 0.3 is 5.97 Å². The van der Waals surface area contributed by atoms with Crippen LogP contribution in [-0.2, 0) is 9.59 Å². The van der Waals surface area contributed by atoms with Gasteiger partial charge in [0.05, 0.1) is 6.61 Å². The smallest absolute Gasteiger partial charge is 0.325 e. The summed E-state index contributed by atoms with van der Waals surface area (Å²) in [4.78, 5) is 22.2. The second kappa shape index (κ2) is 7.45. The van der Waals surface area contributed by atoms with E-state index in [9.17, 15) is 9.59 Å². The third kappa shape index (κ3) is 4.22. The van der Waals surface area contributed by atoms with Crippen molar-refractivity contribution in [1.29, 1.82) is 0 Å². The Bertz CT molecular complexity index is 663. The first-order valence-corrected chi connectivity index (χ1v) is 7.20. The molecule has 0 saturated carbocycles. The summed E-state index contributed by atoms with van der Waals surface area (Å²) >= 11 is 0. The largest absolute Gasteiger partial charge is 0.493 e. The van der Waals surface area contributed by atoms with Gasteiger partial charge in [-0.3, -0.25) is 9.59 Å². The molecule has 116 valence electrons. The Morgan fingerprint density at radius 2 is 1.91 bits per heavy atom. The molecule has 2 aromatic rings. The monoisotopic (exact) mass is 301 g/mol. The van der Waals surface area contributed by atoms with E-state index in [4.69, 9.17) is 9.84 Å². The Morgan fingerprint density at radius 1 is 1.18 bits per heavy atom. The Balaban J connectivity index is 1.81. The van der Waals surface area contributed by atoms with E-state index in [2.05, 4.69) is 5.32 Å². The molecule has 2 aromatic carbocycles. The number of fused-ring (bicyclic) bond motifs is 1. The van der Waals surface area contributed by atoms with Crippen molar-refractivity contribution in [3.8, 4) is 5.75 Å². The predicted molar refractivity (Wildman–Crippen MR) is 83.9 cm³/mol. The molecule has 22 heavy (non-hydrogen) atoms. The third-order valence-electron chi connectivity index (χ3n) is 3.30. The van der Waals surface area contributed by atoms with Crippen LogP contribution in [0.15, 0.2) is 42.5 Å². The standard InChI is InChI=1S/C17H19NO4/c1-12(17(20)21)18-16(19)10-5-11-22-15-9-4-7-13-6-2-3-8-14(13)15/h2-4,6-9,12H,5,10-11H2,1H3,(H,18,19)(H,20,21)/t12-/m1/s1. The van der Waals surface area contributed by atoms with Crippen LogP contribution in [0.25, 0.3) is 10.8 Å². The van der Waals surface area contributed by atoms with Gasteiger partial charge in [-0.1, -0.05) is 36.4 Å². The maximum absolute atomic E-state index is 11.6. The van der Waals surface area contributed by atoms with Crippen LogP contribution in [0.5, 0.6) is 5.75 Å². The molecule has 0 aliphatic rings. The number of carbonyl (C=O) groups excluding carboxylic acids is 1. The Hall–Kier alpha value is -2.56. The lowest BCUT2D eigenvalue weighted by Gasteiger charge is -2.11. The lowest BCUT2D eigenvalue weighted by Crippen LogP contribution is -2.38. The number of ether oxygens (including phenoxy) is 1. The molecular weight excluding hydrogens is 282 g/mol. The van der Waals surface area contributed by atoms with Crippen LogP contribution < -0.4 is 10.1 Å². The van der Waals surface area contributed by atoms with E-state index in [-0.39, 0.29) is 12.3 Å². The summed E-state index contributed by atoms with van der Waals surface area (Å²) in [5.74, 6) is -0.533. The van der Waals surface area contributed by atoms with E-state index in [1.54, 1.807) is 0 Å². The predicted octanol–water partition coefficient (Wildman–Crippen LogP) is 2.59. The van der Waals surface area contributed by atoms with Gasteiger partial charge in [0.15, 0.2) is 0 Å². The van der Waals surface area contributed by atoms with Crippen molar-refractivity contribution in [3.63, 3.8) is 0 Å². The summed E-state index contributed by atoms with van der Waals surface area (Å²) in [5, 5.41) is 13.3. The highest BCUT2D eigenvalue weighted by Gasteiger charge is 2.13. The Kier molecular flexibility index (Phi) is 5.36. The molecule has 1 amide bonds. The molecule has 0 unspecified atom stereocenters. The van der Waals surface area contributed by atoms with Gasteiger partial charge in [-0.05, 0) is 24.8 Å². The van der Waals surface area contributed by atoms with E-state index in [1.165, 1.54) is 6.92 Å². The fourth-order valence-corrected chi connectivity index (χ4v) is 2.11. The van der Waals surface area contributed by atoms with Crippen molar-refractivity contribution in [2.24, 2.45) is 0 Å². The molecule has 0 saturated heterocycles. The molecule has 1 atom stereocenters. The van der Waals surface area contributed by atoms with Crippen molar-refractivity contribution >= 4 is 22.6 Å². The average molecular weight is 301 g/mol. The number of aliphatic carboxylic acids is 1. The van der Waals surface area contributed by atoms with Gasteiger partial charge in [-0.15, -0.1) is 0 Å². The highest BCUT2D eigenvalue weighted by atomic mass is 16.5. The molecule has 2 rings (SSSR count). The fraction of sp³-hybridized carbons (Fsp3) is 0.294. The maximum Gasteiger partial charge on any atom is 0.325 e. The van der Waals surface area contributed by atoms with Gasteiger partial charge in [0.25, 0.3) is 0 Å². The van der Waals surface area contributed by atoms with Crippen LogP contribution in [0.3, 0.4) is 0 Å². The number of carboxylic acids is 1. The number of carbonyl (C=O) groups is 2. The van der Waals surface area contributed by atoms with Crippen LogP contribution in [0.1, 0.15) is 19.8 Å². The number of hydrogen-bond acceptors (Lipinski definition) is 3. The molecule has 0 bridgehead atoms. The zero-order chi connectivity index (χ0) is 15.9. The first-order chi connectivity index (χ1) is 10.6. The van der Waals surface area contributed by atoms with Crippen LogP contribution in [0.4, 0.5) is 0 Å². The van der Waals surface area contributed by atoms with Gasteiger partial charge in [0.1, 0.15) is 11.8 Å². The van der Waals surface area contributed by atoms with E-state index in [0.717, 1.165) is 16.5 Å². The zero-order valence-electron chi connectivity index (χ0n) is 12.4. The summed E-state index contributed by atoms with van der Waals surface area (Å²) in [6.45, 7) is 1.84. The van der Waals surface area contributed by atoms with Gasteiger partial charge < -0.3 is 15.2 Å². The maximum atomic E-state index is 11.6. The number of nitrogens with one attached hydrogen (secondary N) is 1. The van der Waals surface area contributed by atoms with Crippen molar-refractivity contribution in [1.82, 2.24) is 5.32 Å². The van der Waals surface area contributed by atoms with E-state index in [0.29, 0.717) is 13.0 Å². The van der Waals surface area contributed by atoms with Gasteiger partial charge in [-0.2, -0.15) is 0 Å². The summed E-state index contributed by atoms with van der Waals surface area (Å²) < 4.78 is 5.73. The second-order valence-corrected chi connectivity index (χ2v) is 5.06. The summed E-state index contributed by atoms with van der Waals surface area (Å²) in [5.41, 5.74) is 0. The quantitative estimate of drug-likeness (QED) is 0.771. The summed E-state index contributed by atoms with van der Waals surface area (Å²) in [6, 6.07) is 12.9. The number of benzene rings is 2. The van der Waals surface area contributed by atoms with E-state index in [1.807, 2.05) is 42.5 Å².